The van der Waals surface area contributed by atoms with E-state index in [2.05, 4.69) is 0 Å². The van der Waals surface area contributed by atoms with Gasteiger partial charge in [-0.15, -0.1) is 0 Å². The van der Waals surface area contributed by atoms with Crippen molar-refractivity contribution in [2.45, 2.75) is 66.0 Å². The van der Waals surface area contributed by atoms with Gasteiger partial charge in [-0.1, -0.05) is 20.8 Å². The average Bonchev–Trinajstić information content (AvgIpc) is 2.37. The molecule has 1 fully saturated rings. The van der Waals surface area contributed by atoms with Gasteiger partial charge in [0.25, 0.3) is 0 Å². The first-order chi connectivity index (χ1) is 9.26. The summed E-state index contributed by atoms with van der Waals surface area (Å²) in [6.07, 6.45) is 2.57. The van der Waals surface area contributed by atoms with Crippen molar-refractivity contribution in [1.82, 2.24) is 9.80 Å². The number of urea groups is 1. The fourth-order valence-electron chi connectivity index (χ4n) is 3.09. The van der Waals surface area contributed by atoms with Crippen molar-refractivity contribution in [3.8, 4) is 0 Å². The van der Waals surface area contributed by atoms with E-state index in [-0.39, 0.29) is 17.5 Å². The van der Waals surface area contributed by atoms with Gasteiger partial charge >= 0.3 is 12.0 Å². The summed E-state index contributed by atoms with van der Waals surface area (Å²) in [5.41, 5.74) is -0.380. The van der Waals surface area contributed by atoms with E-state index < -0.39 is 12.0 Å². The zero-order valence-corrected chi connectivity index (χ0v) is 13.3. The van der Waals surface area contributed by atoms with Crippen molar-refractivity contribution in [3.63, 3.8) is 0 Å². The highest BCUT2D eigenvalue weighted by molar-refractivity contribution is 5.83. The molecular formula is C15H28N2O3. The Hall–Kier alpha value is -1.26. The molecule has 1 aliphatic heterocycles. The van der Waals surface area contributed by atoms with Crippen molar-refractivity contribution in [1.29, 1.82) is 0 Å². The number of aliphatic carboxylic acids is 1. The van der Waals surface area contributed by atoms with E-state index in [4.69, 9.17) is 0 Å². The van der Waals surface area contributed by atoms with Crippen LogP contribution in [0.1, 0.15) is 53.9 Å². The van der Waals surface area contributed by atoms with Gasteiger partial charge in [-0.25, -0.2) is 9.59 Å². The molecule has 0 aromatic heterocycles. The first-order valence-corrected chi connectivity index (χ1v) is 7.56. The van der Waals surface area contributed by atoms with Crippen LogP contribution in [0, 0.1) is 5.41 Å². The van der Waals surface area contributed by atoms with Gasteiger partial charge in [0.05, 0.1) is 0 Å². The van der Waals surface area contributed by atoms with Gasteiger partial charge in [0.15, 0.2) is 0 Å². The number of likely N-dealkylation sites (tertiary alicyclic amines) is 1. The lowest BCUT2D eigenvalue weighted by atomic mass is 9.76. The van der Waals surface area contributed by atoms with Crippen LogP contribution in [0.25, 0.3) is 0 Å². The molecule has 20 heavy (non-hydrogen) atoms. The largest absolute Gasteiger partial charge is 0.480 e. The molecule has 0 aliphatic carbocycles. The Morgan fingerprint density at radius 1 is 1.40 bits per heavy atom. The molecule has 1 heterocycles. The Bertz CT molecular complexity index is 368. The average molecular weight is 284 g/mol. The highest BCUT2D eigenvalue weighted by Gasteiger charge is 2.45. The van der Waals surface area contributed by atoms with Crippen LogP contribution in [0.3, 0.4) is 0 Å². The van der Waals surface area contributed by atoms with Gasteiger partial charge in [-0.2, -0.15) is 0 Å². The van der Waals surface area contributed by atoms with Crippen LogP contribution in [-0.4, -0.2) is 52.1 Å². The number of hydrogen-bond donors (Lipinski definition) is 1. The predicted molar refractivity (Wildman–Crippen MR) is 78.7 cm³/mol. The molecule has 5 nitrogen and oxygen atoms in total. The lowest BCUT2D eigenvalue weighted by molar-refractivity contribution is -0.148. The maximum absolute atomic E-state index is 12.7. The number of carbonyl (C=O) groups is 2. The number of hydrogen-bond acceptors (Lipinski definition) is 2. The molecule has 1 saturated heterocycles. The molecule has 116 valence electrons. The Labute approximate surface area is 121 Å². The van der Waals surface area contributed by atoms with E-state index in [1.54, 1.807) is 9.80 Å². The summed E-state index contributed by atoms with van der Waals surface area (Å²) in [6.45, 7) is 11.0. The maximum atomic E-state index is 12.7. The second-order valence-corrected chi connectivity index (χ2v) is 6.35. The molecule has 0 saturated carbocycles. The van der Waals surface area contributed by atoms with Gasteiger partial charge in [0.2, 0.25) is 0 Å². The van der Waals surface area contributed by atoms with Crippen molar-refractivity contribution >= 4 is 12.0 Å². The molecule has 1 rings (SSSR count). The highest BCUT2D eigenvalue weighted by atomic mass is 16.4. The van der Waals surface area contributed by atoms with Gasteiger partial charge in [-0.3, -0.25) is 0 Å². The fourth-order valence-corrected chi connectivity index (χ4v) is 3.09. The highest BCUT2D eigenvalue weighted by Crippen LogP contribution is 2.36. The fraction of sp³-hybridized carbons (Fsp3) is 0.867. The Morgan fingerprint density at radius 2 is 2.00 bits per heavy atom. The Kier molecular flexibility index (Phi) is 5.42. The Morgan fingerprint density at radius 3 is 2.45 bits per heavy atom. The topological polar surface area (TPSA) is 60.9 Å². The van der Waals surface area contributed by atoms with Gasteiger partial charge in [0, 0.05) is 19.1 Å². The summed E-state index contributed by atoms with van der Waals surface area (Å²) in [5, 5.41) is 9.53. The monoisotopic (exact) mass is 284 g/mol. The lowest BCUT2D eigenvalue weighted by Gasteiger charge is -2.46. The van der Waals surface area contributed by atoms with Crippen molar-refractivity contribution in [2.75, 3.05) is 13.1 Å². The van der Waals surface area contributed by atoms with E-state index in [1.165, 1.54) is 0 Å². The second kappa shape index (κ2) is 6.46. The third-order valence-corrected chi connectivity index (χ3v) is 4.46. The number of rotatable bonds is 4. The molecule has 2 amide bonds. The van der Waals surface area contributed by atoms with Gasteiger partial charge < -0.3 is 14.9 Å². The third-order valence-electron chi connectivity index (χ3n) is 4.46. The molecule has 0 aromatic rings. The quantitative estimate of drug-likeness (QED) is 0.863. The zero-order valence-electron chi connectivity index (χ0n) is 13.3. The molecule has 5 heteroatoms. The van der Waals surface area contributed by atoms with Crippen LogP contribution in [0.2, 0.25) is 0 Å². The summed E-state index contributed by atoms with van der Waals surface area (Å²) in [7, 11) is 0. The zero-order chi connectivity index (χ0) is 15.5. The SMILES string of the molecule is CCC(C)N(CC)C(=O)N1CCCC(C)(C)C1C(=O)O. The third kappa shape index (κ3) is 3.25. The standard InChI is InChI=1S/C15H28N2O3/c1-6-11(3)16(7-2)14(20)17-10-8-9-15(4,5)12(17)13(18)19/h11-12H,6-10H2,1-5H3,(H,18,19). The molecule has 2 atom stereocenters. The number of carbonyl (C=O) groups excluding carboxylic acids is 1. The molecular weight excluding hydrogens is 256 g/mol. The van der Waals surface area contributed by atoms with Crippen molar-refractivity contribution < 1.29 is 14.7 Å². The summed E-state index contributed by atoms with van der Waals surface area (Å²) >= 11 is 0. The Balaban J connectivity index is 3.02. The smallest absolute Gasteiger partial charge is 0.327 e. The molecule has 0 aromatic carbocycles. The lowest BCUT2D eigenvalue weighted by Crippen LogP contribution is -2.60. The molecule has 1 aliphatic rings. The number of carboxylic acid groups (broad SMARTS) is 1. The van der Waals surface area contributed by atoms with Crippen LogP contribution in [0.4, 0.5) is 4.79 Å². The number of amides is 2. The molecule has 0 radical (unpaired) electrons. The first-order valence-electron chi connectivity index (χ1n) is 7.56. The van der Waals surface area contributed by atoms with E-state index in [9.17, 15) is 14.7 Å². The summed E-state index contributed by atoms with van der Waals surface area (Å²) in [5.74, 6) is -0.900. The van der Waals surface area contributed by atoms with Crippen LogP contribution in [0.15, 0.2) is 0 Å². The molecule has 2 unspecified atom stereocenters. The predicted octanol–water partition coefficient (Wildman–Crippen LogP) is 2.80. The number of piperidine rings is 1. The summed E-state index contributed by atoms with van der Waals surface area (Å²) in [6, 6.07) is -0.740. The van der Waals surface area contributed by atoms with Gasteiger partial charge in [0.1, 0.15) is 6.04 Å². The van der Waals surface area contributed by atoms with Crippen LogP contribution in [0.5, 0.6) is 0 Å². The van der Waals surface area contributed by atoms with E-state index in [0.717, 1.165) is 19.3 Å². The second-order valence-electron chi connectivity index (χ2n) is 6.35. The van der Waals surface area contributed by atoms with Crippen LogP contribution >= 0.6 is 0 Å². The minimum Gasteiger partial charge on any atom is -0.480 e. The molecule has 1 N–H and O–H groups in total. The number of nitrogens with zero attached hydrogens (tertiary/aromatic N) is 2. The molecule has 0 spiro atoms. The van der Waals surface area contributed by atoms with E-state index in [1.807, 2.05) is 34.6 Å². The summed E-state index contributed by atoms with van der Waals surface area (Å²) in [4.78, 5) is 27.7. The van der Waals surface area contributed by atoms with E-state index in [0.29, 0.717) is 13.1 Å². The molecule has 0 bridgehead atoms. The minimum atomic E-state index is -0.900. The van der Waals surface area contributed by atoms with Crippen LogP contribution < -0.4 is 0 Å². The van der Waals surface area contributed by atoms with Crippen molar-refractivity contribution in [3.05, 3.63) is 0 Å². The van der Waals surface area contributed by atoms with Crippen LogP contribution in [-0.2, 0) is 4.79 Å². The summed E-state index contributed by atoms with van der Waals surface area (Å²) < 4.78 is 0. The normalized spacial score (nSPS) is 23.2. The first kappa shape index (κ1) is 16.8. The number of carboxylic acids is 1. The minimum absolute atomic E-state index is 0.131. The van der Waals surface area contributed by atoms with Crippen molar-refractivity contribution in [2.24, 2.45) is 5.41 Å². The van der Waals surface area contributed by atoms with E-state index >= 15 is 0 Å². The maximum Gasteiger partial charge on any atom is 0.327 e. The van der Waals surface area contributed by atoms with Gasteiger partial charge in [-0.05, 0) is 38.5 Å².